The quantitative estimate of drug-likeness (QED) is 0.756. The van der Waals surface area contributed by atoms with E-state index in [4.69, 9.17) is 0 Å². The topological polar surface area (TPSA) is 37.3 Å². The molecule has 88 valence electrons. The first kappa shape index (κ1) is 10.8. The highest BCUT2D eigenvalue weighted by molar-refractivity contribution is 6.13. The highest BCUT2D eigenvalue weighted by Crippen LogP contribution is 2.21. The Morgan fingerprint density at radius 3 is 2.44 bits per heavy atom. The third-order valence-electron chi connectivity index (χ3n) is 3.30. The summed E-state index contributed by atoms with van der Waals surface area (Å²) < 4.78 is 0. The van der Waals surface area contributed by atoms with Crippen LogP contribution in [0.1, 0.15) is 28.4 Å². The normalized spacial score (nSPS) is 14.4. The molecule has 0 bridgehead atoms. The first-order chi connectivity index (χ1) is 8.72. The summed E-state index contributed by atoms with van der Waals surface area (Å²) in [4.78, 5) is 12.4. The summed E-state index contributed by atoms with van der Waals surface area (Å²) >= 11 is 0. The van der Waals surface area contributed by atoms with Crippen molar-refractivity contribution in [1.29, 1.82) is 0 Å². The Balaban J connectivity index is 2.47. The number of carbonyl (C=O) groups excluding carboxylic acids is 1. The summed E-state index contributed by atoms with van der Waals surface area (Å²) in [6, 6.07) is 12.7. The molecule has 0 heterocycles. The lowest BCUT2D eigenvalue weighted by atomic mass is 9.89. The van der Waals surface area contributed by atoms with Gasteiger partial charge in [-0.05, 0) is 24.3 Å². The van der Waals surface area contributed by atoms with Crippen LogP contribution in [0, 0.1) is 0 Å². The zero-order chi connectivity index (χ0) is 12.7. The Morgan fingerprint density at radius 1 is 1.00 bits per heavy atom. The molecule has 0 unspecified atom stereocenters. The molecule has 1 N–H and O–H groups in total. The molecular weight excluding hydrogens is 224 g/mol. The van der Waals surface area contributed by atoms with Crippen molar-refractivity contribution >= 4 is 17.6 Å². The number of carbonyl (C=O) groups is 1. The van der Waals surface area contributed by atoms with Crippen molar-refractivity contribution in [3.05, 3.63) is 69.6 Å². The number of hydrogen-bond acceptors (Lipinski definition) is 2. The fraction of sp³-hybridized carbons (Fsp3) is 0.0625. The molecule has 2 aromatic rings. The van der Waals surface area contributed by atoms with E-state index >= 15 is 0 Å². The highest BCUT2D eigenvalue weighted by atomic mass is 16.3. The van der Waals surface area contributed by atoms with Crippen LogP contribution in [0.2, 0.25) is 0 Å². The number of ketones is 1. The smallest absolute Gasteiger partial charge is 0.194 e. The molecule has 3 rings (SSSR count). The summed E-state index contributed by atoms with van der Waals surface area (Å²) in [6.07, 6.45) is 1.94. The van der Waals surface area contributed by atoms with Gasteiger partial charge in [-0.2, -0.15) is 0 Å². The fourth-order valence-corrected chi connectivity index (χ4v) is 2.31. The maximum Gasteiger partial charge on any atom is 0.194 e. The van der Waals surface area contributed by atoms with Crippen LogP contribution >= 0.6 is 0 Å². The first-order valence-corrected chi connectivity index (χ1v) is 5.86. The summed E-state index contributed by atoms with van der Waals surface area (Å²) in [5.41, 5.74) is 1.75. The molecule has 2 aromatic carbocycles. The fourth-order valence-electron chi connectivity index (χ4n) is 2.31. The van der Waals surface area contributed by atoms with Gasteiger partial charge in [-0.15, -0.1) is 0 Å². The molecular formula is C16H12O2. The van der Waals surface area contributed by atoms with Crippen molar-refractivity contribution in [2.75, 3.05) is 0 Å². The number of aliphatic hydroxyl groups is 1. The Kier molecular flexibility index (Phi) is 2.30. The summed E-state index contributed by atoms with van der Waals surface area (Å²) in [5, 5.41) is 11.8. The molecule has 0 fully saturated rings. The van der Waals surface area contributed by atoms with Gasteiger partial charge in [0.1, 0.15) is 5.76 Å². The van der Waals surface area contributed by atoms with E-state index in [1.807, 2.05) is 37.3 Å². The summed E-state index contributed by atoms with van der Waals surface area (Å²) in [6.45, 7) is 1.92. The van der Waals surface area contributed by atoms with E-state index in [2.05, 4.69) is 0 Å². The lowest BCUT2D eigenvalue weighted by Gasteiger charge is -2.15. The zero-order valence-electron chi connectivity index (χ0n) is 9.97. The third-order valence-corrected chi connectivity index (χ3v) is 3.30. The molecule has 0 atom stereocenters. The van der Waals surface area contributed by atoms with Crippen LogP contribution in [0.3, 0.4) is 0 Å². The first-order valence-electron chi connectivity index (χ1n) is 5.86. The molecule has 1 aliphatic carbocycles. The second kappa shape index (κ2) is 3.84. The van der Waals surface area contributed by atoms with Crippen LogP contribution < -0.4 is 10.4 Å². The standard InChI is InChI=1S/C16H12O2/c1-2-10-7-8-13-14(9-10)16(18)12-6-4-3-5-11(12)15(13)17/h2-9,17H,1H3/b10-2+. The van der Waals surface area contributed by atoms with Crippen LogP contribution in [-0.4, -0.2) is 10.9 Å². The van der Waals surface area contributed by atoms with Gasteiger partial charge >= 0.3 is 0 Å². The van der Waals surface area contributed by atoms with Gasteiger partial charge in [0.05, 0.1) is 0 Å². The Morgan fingerprint density at radius 2 is 1.72 bits per heavy atom. The Labute approximate surface area is 105 Å². The maximum absolute atomic E-state index is 12.4. The minimum atomic E-state index is -0.0258. The molecule has 1 aliphatic rings. The van der Waals surface area contributed by atoms with Crippen LogP contribution in [0.4, 0.5) is 0 Å². The zero-order valence-corrected chi connectivity index (χ0v) is 9.97. The van der Waals surface area contributed by atoms with Gasteiger partial charge in [0.15, 0.2) is 5.78 Å². The minimum absolute atomic E-state index is 0.0258. The monoisotopic (exact) mass is 236 g/mol. The number of fused-ring (bicyclic) bond motifs is 2. The van der Waals surface area contributed by atoms with Crippen molar-refractivity contribution < 1.29 is 9.90 Å². The molecule has 0 aliphatic heterocycles. The van der Waals surface area contributed by atoms with Gasteiger partial charge in [-0.25, -0.2) is 0 Å². The molecule has 0 amide bonds. The van der Waals surface area contributed by atoms with Gasteiger partial charge in [-0.3, -0.25) is 4.79 Å². The molecule has 18 heavy (non-hydrogen) atoms. The van der Waals surface area contributed by atoms with E-state index in [0.717, 1.165) is 5.22 Å². The predicted octanol–water partition coefficient (Wildman–Crippen LogP) is 1.75. The van der Waals surface area contributed by atoms with Gasteiger partial charge < -0.3 is 5.11 Å². The van der Waals surface area contributed by atoms with Gasteiger partial charge in [0.2, 0.25) is 0 Å². The van der Waals surface area contributed by atoms with Gasteiger partial charge in [-0.1, -0.05) is 36.4 Å². The van der Waals surface area contributed by atoms with Crippen LogP contribution in [0.25, 0.3) is 11.8 Å². The molecule has 0 spiro atoms. The van der Waals surface area contributed by atoms with E-state index in [1.165, 1.54) is 0 Å². The van der Waals surface area contributed by atoms with Crippen molar-refractivity contribution in [2.45, 2.75) is 6.92 Å². The number of hydrogen-bond donors (Lipinski definition) is 1. The minimum Gasteiger partial charge on any atom is -0.507 e. The summed E-state index contributed by atoms with van der Waals surface area (Å²) in [5.74, 6) is 0.157. The van der Waals surface area contributed by atoms with Crippen molar-refractivity contribution in [3.8, 4) is 0 Å². The SMILES string of the molecule is C/C=c1\ccc2c(c1)C(=O)c1ccccc1C=2O. The lowest BCUT2D eigenvalue weighted by molar-refractivity contribution is 0.103. The second-order valence-corrected chi connectivity index (χ2v) is 4.32. The van der Waals surface area contributed by atoms with Crippen LogP contribution in [0.5, 0.6) is 0 Å². The number of benzene rings is 2. The molecule has 0 radical (unpaired) electrons. The molecule has 2 nitrogen and oxygen atoms in total. The summed E-state index contributed by atoms with van der Waals surface area (Å²) in [7, 11) is 0. The van der Waals surface area contributed by atoms with Crippen LogP contribution in [0.15, 0.2) is 42.5 Å². The van der Waals surface area contributed by atoms with Gasteiger partial charge in [0.25, 0.3) is 0 Å². The average molecular weight is 236 g/mol. The Bertz CT molecular complexity index is 770. The van der Waals surface area contributed by atoms with Crippen molar-refractivity contribution in [2.24, 2.45) is 0 Å². The Hall–Kier alpha value is -2.35. The van der Waals surface area contributed by atoms with E-state index in [1.54, 1.807) is 18.2 Å². The van der Waals surface area contributed by atoms with E-state index in [9.17, 15) is 9.90 Å². The molecule has 0 aromatic heterocycles. The van der Waals surface area contributed by atoms with Crippen LogP contribution in [-0.2, 0) is 0 Å². The molecule has 0 saturated carbocycles. The maximum atomic E-state index is 12.4. The number of aliphatic hydroxyl groups excluding tert-OH is 1. The van der Waals surface area contributed by atoms with Crippen molar-refractivity contribution in [3.63, 3.8) is 0 Å². The van der Waals surface area contributed by atoms with E-state index in [-0.39, 0.29) is 11.5 Å². The van der Waals surface area contributed by atoms with E-state index in [0.29, 0.717) is 21.9 Å². The van der Waals surface area contributed by atoms with Crippen molar-refractivity contribution in [1.82, 2.24) is 0 Å². The predicted molar refractivity (Wildman–Crippen MR) is 70.8 cm³/mol. The molecule has 0 saturated heterocycles. The second-order valence-electron chi connectivity index (χ2n) is 4.32. The lowest BCUT2D eigenvalue weighted by Crippen LogP contribution is -2.27. The third kappa shape index (κ3) is 1.39. The highest BCUT2D eigenvalue weighted by Gasteiger charge is 2.22. The molecule has 2 heteroatoms. The average Bonchev–Trinajstić information content (AvgIpc) is 2.44. The van der Waals surface area contributed by atoms with E-state index < -0.39 is 0 Å². The largest absolute Gasteiger partial charge is 0.507 e. The van der Waals surface area contributed by atoms with Gasteiger partial charge in [0, 0.05) is 21.9 Å². The number of rotatable bonds is 0.